The summed E-state index contributed by atoms with van der Waals surface area (Å²) in [5.41, 5.74) is 0.0431. The summed E-state index contributed by atoms with van der Waals surface area (Å²) in [4.78, 5) is 0. The second-order valence-corrected chi connectivity index (χ2v) is 6.92. The molecule has 1 saturated carbocycles. The van der Waals surface area contributed by atoms with Crippen LogP contribution >= 0.6 is 0 Å². The monoisotopic (exact) mass is 360 g/mol. The van der Waals surface area contributed by atoms with E-state index in [4.69, 9.17) is 13.9 Å². The van der Waals surface area contributed by atoms with Gasteiger partial charge in [0.15, 0.2) is 22.7 Å². The molecule has 1 aliphatic rings. The molecule has 0 amide bonds. The molecule has 0 bridgehead atoms. The van der Waals surface area contributed by atoms with E-state index in [1.165, 1.54) is 0 Å². The number of ether oxygens (including phenoxy) is 2. The van der Waals surface area contributed by atoms with Gasteiger partial charge in [0.2, 0.25) is 11.6 Å². The number of fused-ring (bicyclic) bond motifs is 3. The van der Waals surface area contributed by atoms with Gasteiger partial charge in [0, 0.05) is 10.8 Å². The van der Waals surface area contributed by atoms with Crippen molar-refractivity contribution in [2.24, 2.45) is 5.92 Å². The molecule has 3 aromatic rings. The molecule has 1 fully saturated rings. The molecule has 0 N–H and O–H groups in total. The Morgan fingerprint density at radius 2 is 1.54 bits per heavy atom. The molecule has 0 unspecified atom stereocenters. The van der Waals surface area contributed by atoms with Gasteiger partial charge in [-0.15, -0.1) is 0 Å². The van der Waals surface area contributed by atoms with Gasteiger partial charge in [0.25, 0.3) is 0 Å². The van der Waals surface area contributed by atoms with Crippen molar-refractivity contribution in [3.63, 3.8) is 0 Å². The van der Waals surface area contributed by atoms with E-state index in [0.717, 1.165) is 32.1 Å². The number of benzene rings is 2. The average molecular weight is 360 g/mol. The number of furan rings is 1. The fourth-order valence-electron chi connectivity index (χ4n) is 3.05. The minimum atomic E-state index is -0.588. The molecule has 138 valence electrons. The smallest absolute Gasteiger partial charge is 0.208 e. The zero-order valence-corrected chi connectivity index (χ0v) is 14.8. The van der Waals surface area contributed by atoms with Gasteiger partial charge in [-0.2, -0.15) is 8.78 Å². The van der Waals surface area contributed by atoms with Crippen LogP contribution in [0.1, 0.15) is 39.0 Å². The summed E-state index contributed by atoms with van der Waals surface area (Å²) in [6.45, 7) is 3.05. The Kier molecular flexibility index (Phi) is 4.70. The number of hydrogen-bond acceptors (Lipinski definition) is 3. The molecule has 0 radical (unpaired) electrons. The standard InChI is InChI=1S/C21H22F2O3/c1-2-3-4-11-24-16-9-7-14-15-8-10-17(25-12-13-5-6-13)19(23)21(15)26-20(14)18(16)22/h7-10,13H,2-6,11-12H2,1H3. The molecule has 4 rings (SSSR count). The third-order valence-corrected chi connectivity index (χ3v) is 4.79. The van der Waals surface area contributed by atoms with Crippen LogP contribution in [0.3, 0.4) is 0 Å². The van der Waals surface area contributed by atoms with Gasteiger partial charge in [-0.25, -0.2) is 0 Å². The Balaban J connectivity index is 1.65. The number of rotatable bonds is 8. The van der Waals surface area contributed by atoms with E-state index >= 15 is 0 Å². The lowest BCUT2D eigenvalue weighted by Gasteiger charge is -2.06. The normalized spacial score (nSPS) is 14.3. The van der Waals surface area contributed by atoms with Gasteiger partial charge in [-0.3, -0.25) is 0 Å². The largest absolute Gasteiger partial charge is 0.490 e. The maximum absolute atomic E-state index is 14.7. The molecule has 0 atom stereocenters. The lowest BCUT2D eigenvalue weighted by atomic mass is 10.1. The highest BCUT2D eigenvalue weighted by molar-refractivity contribution is 6.06. The first-order valence-corrected chi connectivity index (χ1v) is 9.28. The van der Waals surface area contributed by atoms with E-state index in [1.54, 1.807) is 24.3 Å². The Bertz CT molecular complexity index is 928. The van der Waals surface area contributed by atoms with Gasteiger partial charge in [0.1, 0.15) is 0 Å². The maximum Gasteiger partial charge on any atom is 0.208 e. The molecule has 0 spiro atoms. The molecule has 0 aliphatic heterocycles. The van der Waals surface area contributed by atoms with Gasteiger partial charge in [-0.1, -0.05) is 19.8 Å². The van der Waals surface area contributed by atoms with E-state index in [0.29, 0.717) is 29.9 Å². The molecule has 2 aromatic carbocycles. The Morgan fingerprint density at radius 3 is 2.12 bits per heavy atom. The quantitative estimate of drug-likeness (QED) is 0.447. The lowest BCUT2D eigenvalue weighted by molar-refractivity contribution is 0.285. The number of unbranched alkanes of at least 4 members (excludes halogenated alkanes) is 2. The lowest BCUT2D eigenvalue weighted by Crippen LogP contribution is -2.00. The highest BCUT2D eigenvalue weighted by Crippen LogP contribution is 2.38. The zero-order chi connectivity index (χ0) is 18.1. The average Bonchev–Trinajstić information content (AvgIpc) is 3.39. The molecule has 26 heavy (non-hydrogen) atoms. The van der Waals surface area contributed by atoms with Crippen molar-refractivity contribution < 1.29 is 22.7 Å². The van der Waals surface area contributed by atoms with E-state index in [9.17, 15) is 8.78 Å². The van der Waals surface area contributed by atoms with E-state index in [1.807, 2.05) is 0 Å². The summed E-state index contributed by atoms with van der Waals surface area (Å²) in [6, 6.07) is 6.59. The summed E-state index contributed by atoms with van der Waals surface area (Å²) in [5.74, 6) is -0.358. The molecular formula is C21H22F2O3. The molecule has 3 nitrogen and oxygen atoms in total. The van der Waals surface area contributed by atoms with Gasteiger partial charge < -0.3 is 13.9 Å². The minimum absolute atomic E-state index is 0.0197. The second kappa shape index (κ2) is 7.14. The van der Waals surface area contributed by atoms with Crippen LogP contribution in [0.5, 0.6) is 11.5 Å². The Morgan fingerprint density at radius 1 is 0.923 bits per heavy atom. The Hall–Kier alpha value is -2.30. The van der Waals surface area contributed by atoms with Gasteiger partial charge in [-0.05, 0) is 49.4 Å². The molecule has 1 aromatic heterocycles. The van der Waals surface area contributed by atoms with Crippen molar-refractivity contribution in [3.8, 4) is 11.5 Å². The second-order valence-electron chi connectivity index (χ2n) is 6.92. The van der Waals surface area contributed by atoms with Crippen LogP contribution in [0.2, 0.25) is 0 Å². The van der Waals surface area contributed by atoms with Crippen molar-refractivity contribution in [2.75, 3.05) is 13.2 Å². The number of halogens is 2. The van der Waals surface area contributed by atoms with E-state index < -0.39 is 11.6 Å². The first kappa shape index (κ1) is 17.1. The van der Waals surface area contributed by atoms with E-state index in [2.05, 4.69) is 6.92 Å². The Labute approximate surface area is 150 Å². The molecule has 1 heterocycles. The summed E-state index contributed by atoms with van der Waals surface area (Å²) >= 11 is 0. The highest BCUT2D eigenvalue weighted by atomic mass is 19.1. The fraction of sp³-hybridized carbons (Fsp3) is 0.429. The third kappa shape index (κ3) is 3.22. The minimum Gasteiger partial charge on any atom is -0.490 e. The first-order valence-electron chi connectivity index (χ1n) is 9.28. The predicted molar refractivity (Wildman–Crippen MR) is 96.9 cm³/mol. The van der Waals surface area contributed by atoms with Crippen molar-refractivity contribution in [2.45, 2.75) is 39.0 Å². The van der Waals surface area contributed by atoms with Crippen molar-refractivity contribution in [1.82, 2.24) is 0 Å². The van der Waals surface area contributed by atoms with Crippen LogP contribution in [0.15, 0.2) is 28.7 Å². The van der Waals surface area contributed by atoms with Crippen LogP contribution in [-0.4, -0.2) is 13.2 Å². The van der Waals surface area contributed by atoms with Crippen LogP contribution in [-0.2, 0) is 0 Å². The van der Waals surface area contributed by atoms with Crippen LogP contribution < -0.4 is 9.47 Å². The van der Waals surface area contributed by atoms with E-state index in [-0.39, 0.29) is 22.7 Å². The van der Waals surface area contributed by atoms with Crippen molar-refractivity contribution in [3.05, 3.63) is 35.9 Å². The van der Waals surface area contributed by atoms with Crippen molar-refractivity contribution >= 4 is 21.9 Å². The SMILES string of the molecule is CCCCCOc1ccc2c(oc3c(F)c(OCC4CC4)ccc32)c1F. The fourth-order valence-corrected chi connectivity index (χ4v) is 3.05. The maximum atomic E-state index is 14.7. The van der Waals surface area contributed by atoms with Crippen LogP contribution in [0.25, 0.3) is 21.9 Å². The molecular weight excluding hydrogens is 338 g/mol. The summed E-state index contributed by atoms with van der Waals surface area (Å²) in [7, 11) is 0. The summed E-state index contributed by atoms with van der Waals surface area (Å²) in [6.07, 6.45) is 5.22. The summed E-state index contributed by atoms with van der Waals surface area (Å²) < 4.78 is 46.1. The first-order chi connectivity index (χ1) is 12.7. The topological polar surface area (TPSA) is 31.6 Å². The molecule has 1 aliphatic carbocycles. The predicted octanol–water partition coefficient (Wildman–Crippen LogP) is 6.22. The molecule has 5 heteroatoms. The zero-order valence-electron chi connectivity index (χ0n) is 14.8. The van der Waals surface area contributed by atoms with Crippen molar-refractivity contribution in [1.29, 1.82) is 0 Å². The van der Waals surface area contributed by atoms with Crippen LogP contribution in [0, 0.1) is 17.6 Å². The third-order valence-electron chi connectivity index (χ3n) is 4.79. The summed E-state index contributed by atoms with van der Waals surface area (Å²) in [5, 5.41) is 1.07. The van der Waals surface area contributed by atoms with Crippen LogP contribution in [0.4, 0.5) is 8.78 Å². The van der Waals surface area contributed by atoms with Gasteiger partial charge >= 0.3 is 0 Å². The number of hydrogen-bond donors (Lipinski definition) is 0. The molecule has 0 saturated heterocycles. The highest BCUT2D eigenvalue weighted by Gasteiger charge is 2.24. The van der Waals surface area contributed by atoms with Gasteiger partial charge in [0.05, 0.1) is 13.2 Å².